The minimum atomic E-state index is 0.381. The SMILES string of the molecule is CCCCCCCC(=O)N1CCCC1CCCN. The second-order valence-electron chi connectivity index (χ2n) is 5.48. The lowest BCUT2D eigenvalue weighted by atomic mass is 10.1. The molecule has 0 saturated carbocycles. The van der Waals surface area contributed by atoms with Crippen LogP contribution in [-0.2, 0) is 4.79 Å². The molecule has 0 aromatic heterocycles. The van der Waals surface area contributed by atoms with Gasteiger partial charge in [0.15, 0.2) is 0 Å². The fraction of sp³-hybridized carbons (Fsp3) is 0.933. The molecule has 1 aliphatic rings. The van der Waals surface area contributed by atoms with E-state index in [9.17, 15) is 4.79 Å². The Bertz CT molecular complexity index is 231. The molecule has 0 spiro atoms. The average Bonchev–Trinajstić information content (AvgIpc) is 2.84. The quantitative estimate of drug-likeness (QED) is 0.643. The minimum absolute atomic E-state index is 0.381. The number of hydrogen-bond donors (Lipinski definition) is 1. The lowest BCUT2D eigenvalue weighted by molar-refractivity contribution is -0.132. The third-order valence-electron chi connectivity index (χ3n) is 3.93. The van der Waals surface area contributed by atoms with Crippen molar-refractivity contribution in [2.75, 3.05) is 13.1 Å². The van der Waals surface area contributed by atoms with E-state index in [4.69, 9.17) is 5.73 Å². The summed E-state index contributed by atoms with van der Waals surface area (Å²) in [6.07, 6.45) is 11.4. The van der Waals surface area contributed by atoms with Gasteiger partial charge >= 0.3 is 0 Å². The topological polar surface area (TPSA) is 46.3 Å². The molecule has 1 fully saturated rings. The van der Waals surface area contributed by atoms with Crippen LogP contribution in [0.15, 0.2) is 0 Å². The molecule has 2 N–H and O–H groups in total. The van der Waals surface area contributed by atoms with Gasteiger partial charge in [-0.1, -0.05) is 32.6 Å². The van der Waals surface area contributed by atoms with Gasteiger partial charge in [-0.15, -0.1) is 0 Å². The molecule has 1 unspecified atom stereocenters. The van der Waals surface area contributed by atoms with Gasteiger partial charge in [0.05, 0.1) is 0 Å². The van der Waals surface area contributed by atoms with Gasteiger partial charge < -0.3 is 10.6 Å². The van der Waals surface area contributed by atoms with Crippen molar-refractivity contribution in [3.8, 4) is 0 Å². The van der Waals surface area contributed by atoms with Gasteiger partial charge in [-0.05, 0) is 38.6 Å². The first kappa shape index (κ1) is 15.5. The summed E-state index contributed by atoms with van der Waals surface area (Å²) in [5.74, 6) is 0.381. The van der Waals surface area contributed by atoms with Gasteiger partial charge in [0.2, 0.25) is 5.91 Å². The second-order valence-corrected chi connectivity index (χ2v) is 5.48. The van der Waals surface area contributed by atoms with Crippen molar-refractivity contribution in [1.29, 1.82) is 0 Å². The van der Waals surface area contributed by atoms with E-state index in [1.165, 1.54) is 38.5 Å². The predicted molar refractivity (Wildman–Crippen MR) is 76.4 cm³/mol. The maximum atomic E-state index is 12.1. The van der Waals surface area contributed by atoms with Crippen LogP contribution in [0, 0.1) is 0 Å². The van der Waals surface area contributed by atoms with Crippen molar-refractivity contribution >= 4 is 5.91 Å². The zero-order chi connectivity index (χ0) is 13.2. The summed E-state index contributed by atoms with van der Waals surface area (Å²) < 4.78 is 0. The van der Waals surface area contributed by atoms with Gasteiger partial charge in [0.1, 0.15) is 0 Å². The summed E-state index contributed by atoms with van der Waals surface area (Å²) in [5, 5.41) is 0. The second kappa shape index (κ2) is 9.37. The third-order valence-corrected chi connectivity index (χ3v) is 3.93. The van der Waals surface area contributed by atoms with Crippen molar-refractivity contribution in [2.45, 2.75) is 77.2 Å². The molecule has 0 aliphatic carbocycles. The Morgan fingerprint density at radius 3 is 2.72 bits per heavy atom. The van der Waals surface area contributed by atoms with Gasteiger partial charge in [-0.2, -0.15) is 0 Å². The molecule has 106 valence electrons. The zero-order valence-electron chi connectivity index (χ0n) is 12.0. The molecular formula is C15H30N2O. The van der Waals surface area contributed by atoms with Crippen molar-refractivity contribution in [1.82, 2.24) is 4.90 Å². The summed E-state index contributed by atoms with van der Waals surface area (Å²) in [5.41, 5.74) is 5.55. The highest BCUT2D eigenvalue weighted by atomic mass is 16.2. The lowest BCUT2D eigenvalue weighted by Crippen LogP contribution is -2.35. The third kappa shape index (κ3) is 5.38. The van der Waals surface area contributed by atoms with E-state index in [1.54, 1.807) is 0 Å². The Hall–Kier alpha value is -0.570. The molecule has 3 nitrogen and oxygen atoms in total. The number of carbonyl (C=O) groups excluding carboxylic acids is 1. The molecule has 18 heavy (non-hydrogen) atoms. The van der Waals surface area contributed by atoms with Crippen molar-refractivity contribution in [3.05, 3.63) is 0 Å². The molecule has 1 rings (SSSR count). The Balaban J connectivity index is 2.18. The number of rotatable bonds is 9. The highest BCUT2D eigenvalue weighted by molar-refractivity contribution is 5.76. The van der Waals surface area contributed by atoms with E-state index in [-0.39, 0.29) is 0 Å². The van der Waals surface area contributed by atoms with E-state index in [2.05, 4.69) is 11.8 Å². The molecule has 1 heterocycles. The Kier molecular flexibility index (Phi) is 8.06. The van der Waals surface area contributed by atoms with Crippen LogP contribution < -0.4 is 5.73 Å². The molecule has 1 atom stereocenters. The van der Waals surface area contributed by atoms with Crippen molar-refractivity contribution in [3.63, 3.8) is 0 Å². The number of nitrogens with zero attached hydrogens (tertiary/aromatic N) is 1. The number of amides is 1. The summed E-state index contributed by atoms with van der Waals surface area (Å²) in [4.78, 5) is 14.3. The minimum Gasteiger partial charge on any atom is -0.340 e. The number of nitrogens with two attached hydrogens (primary N) is 1. The first-order valence-electron chi connectivity index (χ1n) is 7.79. The van der Waals surface area contributed by atoms with Crippen LogP contribution in [0.5, 0.6) is 0 Å². The standard InChI is InChI=1S/C15H30N2O/c1-2-3-4-5-6-11-15(18)17-13-8-10-14(17)9-7-12-16/h14H,2-13,16H2,1H3. The Labute approximate surface area is 112 Å². The summed E-state index contributed by atoms with van der Waals surface area (Å²) in [7, 11) is 0. The first-order valence-corrected chi connectivity index (χ1v) is 7.79. The molecule has 1 amide bonds. The maximum absolute atomic E-state index is 12.1. The molecule has 0 aromatic rings. The van der Waals surface area contributed by atoms with Gasteiger partial charge in [0.25, 0.3) is 0 Å². The van der Waals surface area contributed by atoms with E-state index in [1.807, 2.05) is 0 Å². The molecule has 1 saturated heterocycles. The Morgan fingerprint density at radius 2 is 2.00 bits per heavy atom. The average molecular weight is 254 g/mol. The van der Waals surface area contributed by atoms with E-state index >= 15 is 0 Å². The smallest absolute Gasteiger partial charge is 0.222 e. The van der Waals surface area contributed by atoms with Crippen LogP contribution in [0.1, 0.15) is 71.1 Å². The van der Waals surface area contributed by atoms with E-state index < -0.39 is 0 Å². The number of likely N-dealkylation sites (tertiary alicyclic amines) is 1. The van der Waals surface area contributed by atoms with Crippen LogP contribution in [-0.4, -0.2) is 29.9 Å². The van der Waals surface area contributed by atoms with Crippen LogP contribution in [0.4, 0.5) is 0 Å². The van der Waals surface area contributed by atoms with Gasteiger partial charge in [-0.25, -0.2) is 0 Å². The summed E-state index contributed by atoms with van der Waals surface area (Å²) in [6, 6.07) is 0.483. The fourth-order valence-electron chi connectivity index (χ4n) is 2.84. The molecule has 0 radical (unpaired) electrons. The van der Waals surface area contributed by atoms with Crippen molar-refractivity contribution < 1.29 is 4.79 Å². The van der Waals surface area contributed by atoms with Crippen LogP contribution in [0.2, 0.25) is 0 Å². The van der Waals surface area contributed by atoms with Crippen LogP contribution >= 0.6 is 0 Å². The number of carbonyl (C=O) groups is 1. The lowest BCUT2D eigenvalue weighted by Gasteiger charge is -2.24. The Morgan fingerprint density at radius 1 is 1.22 bits per heavy atom. The van der Waals surface area contributed by atoms with Gasteiger partial charge in [0, 0.05) is 19.0 Å². The number of unbranched alkanes of at least 4 members (excludes halogenated alkanes) is 4. The van der Waals surface area contributed by atoms with Crippen LogP contribution in [0.3, 0.4) is 0 Å². The molecule has 0 bridgehead atoms. The molecule has 0 aromatic carbocycles. The zero-order valence-corrected chi connectivity index (χ0v) is 12.0. The number of hydrogen-bond acceptors (Lipinski definition) is 2. The van der Waals surface area contributed by atoms with Gasteiger partial charge in [-0.3, -0.25) is 4.79 Å². The van der Waals surface area contributed by atoms with E-state index in [0.717, 1.165) is 38.8 Å². The maximum Gasteiger partial charge on any atom is 0.222 e. The van der Waals surface area contributed by atoms with E-state index in [0.29, 0.717) is 11.9 Å². The predicted octanol–water partition coefficient (Wildman–Crippen LogP) is 3.08. The first-order chi connectivity index (χ1) is 8.79. The summed E-state index contributed by atoms with van der Waals surface area (Å²) >= 11 is 0. The largest absolute Gasteiger partial charge is 0.340 e. The molecule has 3 heteroatoms. The monoisotopic (exact) mass is 254 g/mol. The molecular weight excluding hydrogens is 224 g/mol. The highest BCUT2D eigenvalue weighted by Crippen LogP contribution is 2.22. The van der Waals surface area contributed by atoms with Crippen LogP contribution in [0.25, 0.3) is 0 Å². The fourth-order valence-corrected chi connectivity index (χ4v) is 2.84. The normalized spacial score (nSPS) is 19.4. The van der Waals surface area contributed by atoms with Crippen molar-refractivity contribution in [2.24, 2.45) is 5.73 Å². The molecule has 1 aliphatic heterocycles. The highest BCUT2D eigenvalue weighted by Gasteiger charge is 2.27. The summed E-state index contributed by atoms with van der Waals surface area (Å²) in [6.45, 7) is 3.94.